The highest BCUT2D eigenvalue weighted by Gasteiger charge is 2.29. The van der Waals surface area contributed by atoms with E-state index in [2.05, 4.69) is 35.9 Å². The summed E-state index contributed by atoms with van der Waals surface area (Å²) in [4.78, 5) is 4.97. The summed E-state index contributed by atoms with van der Waals surface area (Å²) in [6.45, 7) is 0. The SMILES string of the molecule is Cn1c(C2CCCC2)nc(-c2ccccc2C2CC2)c1N. The summed E-state index contributed by atoms with van der Waals surface area (Å²) in [5, 5.41) is 0. The summed E-state index contributed by atoms with van der Waals surface area (Å²) in [7, 11) is 2.07. The van der Waals surface area contributed by atoms with Crippen LogP contribution in [0, 0.1) is 0 Å². The molecule has 0 amide bonds. The van der Waals surface area contributed by atoms with Crippen LogP contribution in [0.1, 0.15) is 61.7 Å². The van der Waals surface area contributed by atoms with Crippen LogP contribution in [0.15, 0.2) is 24.3 Å². The molecule has 2 fully saturated rings. The zero-order valence-corrected chi connectivity index (χ0v) is 12.7. The van der Waals surface area contributed by atoms with Crippen LogP contribution >= 0.6 is 0 Å². The number of nitrogens with two attached hydrogens (primary N) is 1. The second kappa shape index (κ2) is 4.90. The van der Waals surface area contributed by atoms with Gasteiger partial charge in [0.1, 0.15) is 17.3 Å². The van der Waals surface area contributed by atoms with Crippen LogP contribution in [0.3, 0.4) is 0 Å². The molecule has 2 aromatic rings. The number of anilines is 1. The standard InChI is InChI=1S/C18H23N3/c1-21-17(19)16(20-18(21)13-6-2-3-7-13)15-9-5-4-8-14(15)12-10-11-12/h4-5,8-9,12-13H,2-3,6-7,10-11,19H2,1H3. The van der Waals surface area contributed by atoms with Crippen LogP contribution in [0.4, 0.5) is 5.82 Å². The molecule has 2 N–H and O–H groups in total. The lowest BCUT2D eigenvalue weighted by molar-refractivity contribution is 0.635. The number of rotatable bonds is 3. The predicted octanol–water partition coefficient (Wildman–Crippen LogP) is 4.20. The van der Waals surface area contributed by atoms with Crippen LogP contribution in [0.2, 0.25) is 0 Å². The molecular formula is C18H23N3. The van der Waals surface area contributed by atoms with Crippen molar-refractivity contribution >= 4 is 5.82 Å². The number of aromatic nitrogens is 2. The van der Waals surface area contributed by atoms with E-state index in [1.54, 1.807) is 0 Å². The lowest BCUT2D eigenvalue weighted by Crippen LogP contribution is -2.05. The lowest BCUT2D eigenvalue weighted by atomic mass is 10.0. The molecule has 0 saturated heterocycles. The number of nitrogen functional groups attached to an aromatic ring is 1. The normalized spacial score (nSPS) is 19.3. The minimum atomic E-state index is 0.596. The van der Waals surface area contributed by atoms with Gasteiger partial charge >= 0.3 is 0 Å². The fraction of sp³-hybridized carbons (Fsp3) is 0.500. The number of hydrogen-bond acceptors (Lipinski definition) is 2. The average molecular weight is 281 g/mol. The molecule has 0 unspecified atom stereocenters. The van der Waals surface area contributed by atoms with Crippen molar-refractivity contribution < 1.29 is 0 Å². The molecule has 3 heteroatoms. The van der Waals surface area contributed by atoms with E-state index in [0.29, 0.717) is 5.92 Å². The topological polar surface area (TPSA) is 43.8 Å². The second-order valence-corrected chi connectivity index (χ2v) is 6.61. The Hall–Kier alpha value is -1.77. The van der Waals surface area contributed by atoms with Crippen molar-refractivity contribution in [2.75, 3.05) is 5.73 Å². The molecule has 0 radical (unpaired) electrons. The third kappa shape index (κ3) is 2.15. The zero-order valence-electron chi connectivity index (χ0n) is 12.7. The largest absolute Gasteiger partial charge is 0.383 e. The molecule has 4 rings (SSSR count). The highest BCUT2D eigenvalue weighted by molar-refractivity contribution is 5.74. The molecule has 2 aliphatic rings. The minimum absolute atomic E-state index is 0.596. The van der Waals surface area contributed by atoms with Crippen molar-refractivity contribution in [3.63, 3.8) is 0 Å². The first-order valence-electron chi connectivity index (χ1n) is 8.17. The maximum absolute atomic E-state index is 6.39. The van der Waals surface area contributed by atoms with Gasteiger partial charge < -0.3 is 10.3 Å². The van der Waals surface area contributed by atoms with Crippen LogP contribution in [0.5, 0.6) is 0 Å². The second-order valence-electron chi connectivity index (χ2n) is 6.61. The first-order valence-corrected chi connectivity index (χ1v) is 8.17. The fourth-order valence-electron chi connectivity index (χ4n) is 3.74. The first-order chi connectivity index (χ1) is 10.3. The lowest BCUT2D eigenvalue weighted by Gasteiger charge is -2.08. The van der Waals surface area contributed by atoms with Crippen molar-refractivity contribution in [3.8, 4) is 11.3 Å². The van der Waals surface area contributed by atoms with Crippen LogP contribution in [-0.2, 0) is 7.05 Å². The van der Waals surface area contributed by atoms with Crippen LogP contribution in [-0.4, -0.2) is 9.55 Å². The van der Waals surface area contributed by atoms with E-state index in [1.807, 2.05) is 0 Å². The number of hydrogen-bond donors (Lipinski definition) is 1. The summed E-state index contributed by atoms with van der Waals surface area (Å²) >= 11 is 0. The third-order valence-electron chi connectivity index (χ3n) is 5.13. The Morgan fingerprint density at radius 3 is 2.48 bits per heavy atom. The van der Waals surface area contributed by atoms with E-state index in [-0.39, 0.29) is 0 Å². The van der Waals surface area contributed by atoms with E-state index < -0.39 is 0 Å². The minimum Gasteiger partial charge on any atom is -0.383 e. The van der Waals surface area contributed by atoms with Crippen molar-refractivity contribution in [2.24, 2.45) is 7.05 Å². The van der Waals surface area contributed by atoms with Crippen LogP contribution < -0.4 is 5.73 Å². The van der Waals surface area contributed by atoms with Gasteiger partial charge in [0.2, 0.25) is 0 Å². The van der Waals surface area contributed by atoms with Crippen molar-refractivity contribution in [2.45, 2.75) is 50.4 Å². The van der Waals surface area contributed by atoms with Gasteiger partial charge in [-0.05, 0) is 37.2 Å². The van der Waals surface area contributed by atoms with Gasteiger partial charge in [-0.15, -0.1) is 0 Å². The molecular weight excluding hydrogens is 258 g/mol. The smallest absolute Gasteiger partial charge is 0.131 e. The summed E-state index contributed by atoms with van der Waals surface area (Å²) in [6, 6.07) is 8.67. The Morgan fingerprint density at radius 1 is 1.05 bits per heavy atom. The predicted molar refractivity (Wildman–Crippen MR) is 86.2 cm³/mol. The number of benzene rings is 1. The molecule has 1 heterocycles. The number of imidazole rings is 1. The Morgan fingerprint density at radius 2 is 1.76 bits per heavy atom. The summed E-state index contributed by atoms with van der Waals surface area (Å²) < 4.78 is 2.12. The molecule has 0 spiro atoms. The van der Waals surface area contributed by atoms with Gasteiger partial charge in [-0.25, -0.2) is 4.98 Å². The van der Waals surface area contributed by atoms with Crippen molar-refractivity contribution in [3.05, 3.63) is 35.7 Å². The molecule has 21 heavy (non-hydrogen) atoms. The molecule has 0 atom stereocenters. The third-order valence-corrected chi connectivity index (χ3v) is 5.13. The van der Waals surface area contributed by atoms with Gasteiger partial charge in [0.15, 0.2) is 0 Å². The van der Waals surface area contributed by atoms with Crippen molar-refractivity contribution in [1.29, 1.82) is 0 Å². The van der Waals surface area contributed by atoms with Gasteiger partial charge in [0.05, 0.1) is 0 Å². The summed E-state index contributed by atoms with van der Waals surface area (Å²) in [5.41, 5.74) is 10.1. The van der Waals surface area contributed by atoms with E-state index in [0.717, 1.165) is 17.4 Å². The monoisotopic (exact) mass is 281 g/mol. The Labute approximate surface area is 126 Å². The molecule has 0 aliphatic heterocycles. The van der Waals surface area contributed by atoms with E-state index in [9.17, 15) is 0 Å². The maximum Gasteiger partial charge on any atom is 0.131 e. The Bertz CT molecular complexity index is 661. The van der Waals surface area contributed by atoms with E-state index >= 15 is 0 Å². The molecule has 2 saturated carbocycles. The first kappa shape index (κ1) is 12.9. The van der Waals surface area contributed by atoms with E-state index in [1.165, 1.54) is 55.5 Å². The number of nitrogens with zero attached hydrogens (tertiary/aromatic N) is 2. The fourth-order valence-corrected chi connectivity index (χ4v) is 3.74. The van der Waals surface area contributed by atoms with Gasteiger partial charge in [-0.3, -0.25) is 0 Å². The Kier molecular flexibility index (Phi) is 3.02. The summed E-state index contributed by atoms with van der Waals surface area (Å²) in [6.07, 6.45) is 7.78. The van der Waals surface area contributed by atoms with E-state index in [4.69, 9.17) is 10.7 Å². The molecule has 3 nitrogen and oxygen atoms in total. The molecule has 0 bridgehead atoms. The molecule has 1 aromatic heterocycles. The average Bonchev–Trinajstić information content (AvgIpc) is 3.14. The summed E-state index contributed by atoms with van der Waals surface area (Å²) in [5.74, 6) is 3.33. The molecule has 2 aliphatic carbocycles. The van der Waals surface area contributed by atoms with Gasteiger partial charge in [0, 0.05) is 18.5 Å². The van der Waals surface area contributed by atoms with Crippen LogP contribution in [0.25, 0.3) is 11.3 Å². The van der Waals surface area contributed by atoms with Gasteiger partial charge in [-0.1, -0.05) is 37.1 Å². The van der Waals surface area contributed by atoms with Crippen molar-refractivity contribution in [1.82, 2.24) is 9.55 Å². The van der Waals surface area contributed by atoms with Gasteiger partial charge in [0.25, 0.3) is 0 Å². The highest BCUT2D eigenvalue weighted by atomic mass is 15.1. The molecule has 1 aromatic carbocycles. The highest BCUT2D eigenvalue weighted by Crippen LogP contribution is 2.45. The quantitative estimate of drug-likeness (QED) is 0.916. The van der Waals surface area contributed by atoms with Gasteiger partial charge in [-0.2, -0.15) is 0 Å². The Balaban J connectivity index is 1.80. The molecule has 110 valence electrons. The zero-order chi connectivity index (χ0) is 14.4. The maximum atomic E-state index is 6.39.